The van der Waals surface area contributed by atoms with Crippen molar-refractivity contribution in [1.82, 2.24) is 25.3 Å². The molecule has 3 rings (SSSR count). The third kappa shape index (κ3) is 3.42. The van der Waals surface area contributed by atoms with E-state index in [-0.39, 0.29) is 18.2 Å². The number of urea groups is 1. The van der Waals surface area contributed by atoms with Crippen LogP contribution in [0.1, 0.15) is 29.5 Å². The van der Waals surface area contributed by atoms with Crippen LogP contribution in [0.4, 0.5) is 9.93 Å². The van der Waals surface area contributed by atoms with Crippen molar-refractivity contribution in [2.45, 2.75) is 31.9 Å². The van der Waals surface area contributed by atoms with Crippen molar-refractivity contribution < 1.29 is 9.53 Å². The Morgan fingerprint density at radius 2 is 2.36 bits per heavy atom. The minimum Gasteiger partial charge on any atom is -0.371 e. The molecule has 0 aliphatic carbocycles. The second-order valence-corrected chi connectivity index (χ2v) is 6.39. The van der Waals surface area contributed by atoms with Crippen molar-refractivity contribution in [2.75, 3.05) is 11.9 Å². The molecule has 2 N–H and O–H groups in total. The lowest BCUT2D eigenvalue weighted by atomic mass is 9.98. The molecule has 8 nitrogen and oxygen atoms in total. The third-order valence-corrected chi connectivity index (χ3v) is 4.19. The van der Waals surface area contributed by atoms with Crippen LogP contribution < -0.4 is 10.6 Å². The molecule has 118 valence electrons. The van der Waals surface area contributed by atoms with Gasteiger partial charge in [0.05, 0.1) is 12.2 Å². The van der Waals surface area contributed by atoms with Gasteiger partial charge in [-0.25, -0.2) is 4.79 Å². The van der Waals surface area contributed by atoms with Gasteiger partial charge in [-0.15, -0.1) is 10.2 Å². The smallest absolute Gasteiger partial charge is 0.321 e. The summed E-state index contributed by atoms with van der Waals surface area (Å²) < 4.78 is 7.55. The minimum absolute atomic E-state index is 0.0908. The van der Waals surface area contributed by atoms with E-state index in [2.05, 4.69) is 25.9 Å². The van der Waals surface area contributed by atoms with Gasteiger partial charge < -0.3 is 10.1 Å². The van der Waals surface area contributed by atoms with Gasteiger partial charge in [0.25, 0.3) is 0 Å². The summed E-state index contributed by atoms with van der Waals surface area (Å²) in [6.07, 6.45) is 5.29. The van der Waals surface area contributed by atoms with Crippen LogP contribution in [0.3, 0.4) is 0 Å². The van der Waals surface area contributed by atoms with Crippen LogP contribution in [-0.2, 0) is 11.8 Å². The van der Waals surface area contributed by atoms with E-state index in [0.717, 1.165) is 23.4 Å². The van der Waals surface area contributed by atoms with Crippen LogP contribution in [0.15, 0.2) is 12.4 Å². The first-order valence-electron chi connectivity index (χ1n) is 7.09. The Balaban J connectivity index is 1.64. The van der Waals surface area contributed by atoms with Gasteiger partial charge in [0.1, 0.15) is 11.1 Å². The summed E-state index contributed by atoms with van der Waals surface area (Å²) >= 11 is 1.34. The quantitative estimate of drug-likeness (QED) is 0.895. The summed E-state index contributed by atoms with van der Waals surface area (Å²) in [5.41, 5.74) is 0.972. The van der Waals surface area contributed by atoms with E-state index >= 15 is 0 Å². The van der Waals surface area contributed by atoms with Gasteiger partial charge in [-0.1, -0.05) is 11.3 Å². The average molecular weight is 322 g/mol. The number of amides is 2. The fourth-order valence-electron chi connectivity index (χ4n) is 2.49. The second-order valence-electron chi connectivity index (χ2n) is 5.21. The predicted molar refractivity (Wildman–Crippen MR) is 81.7 cm³/mol. The number of hydrogen-bond donors (Lipinski definition) is 2. The fourth-order valence-corrected chi connectivity index (χ4v) is 3.08. The SMILES string of the molecule is Cc1nnc(NC(=O)N[C@H]2CCCO[C@@H]2c2cnn(C)c2)s1. The molecule has 0 bridgehead atoms. The normalized spacial score (nSPS) is 21.5. The maximum atomic E-state index is 12.1. The summed E-state index contributed by atoms with van der Waals surface area (Å²) in [5.74, 6) is 0. The van der Waals surface area contributed by atoms with E-state index < -0.39 is 0 Å². The molecule has 2 amide bonds. The molecule has 1 saturated heterocycles. The highest BCUT2D eigenvalue weighted by Crippen LogP contribution is 2.28. The van der Waals surface area contributed by atoms with Gasteiger partial charge >= 0.3 is 6.03 Å². The topological polar surface area (TPSA) is 94.0 Å². The van der Waals surface area contributed by atoms with Crippen molar-refractivity contribution in [1.29, 1.82) is 0 Å². The molecule has 1 aliphatic heterocycles. The molecule has 0 unspecified atom stereocenters. The highest BCUT2D eigenvalue weighted by molar-refractivity contribution is 7.15. The Bertz CT molecular complexity index is 655. The number of aromatic nitrogens is 4. The molecule has 2 aromatic heterocycles. The molecule has 1 fully saturated rings. The van der Waals surface area contributed by atoms with E-state index in [1.807, 2.05) is 20.2 Å². The van der Waals surface area contributed by atoms with E-state index in [9.17, 15) is 4.79 Å². The van der Waals surface area contributed by atoms with E-state index in [1.165, 1.54) is 11.3 Å². The van der Waals surface area contributed by atoms with Crippen molar-refractivity contribution in [2.24, 2.45) is 7.05 Å². The number of nitrogens with zero attached hydrogens (tertiary/aromatic N) is 4. The molecule has 1 aliphatic rings. The third-order valence-electron chi connectivity index (χ3n) is 3.44. The zero-order valence-electron chi connectivity index (χ0n) is 12.4. The molecule has 2 aromatic rings. The zero-order valence-corrected chi connectivity index (χ0v) is 13.3. The van der Waals surface area contributed by atoms with Gasteiger partial charge in [-0.3, -0.25) is 10.00 Å². The van der Waals surface area contributed by atoms with Gasteiger partial charge in [0.2, 0.25) is 5.13 Å². The minimum atomic E-state index is -0.291. The number of carbonyl (C=O) groups excluding carboxylic acids is 1. The van der Waals surface area contributed by atoms with Crippen molar-refractivity contribution in [3.63, 3.8) is 0 Å². The lowest BCUT2D eigenvalue weighted by Crippen LogP contribution is -2.44. The lowest BCUT2D eigenvalue weighted by Gasteiger charge is -2.31. The predicted octanol–water partition coefficient (Wildman–Crippen LogP) is 1.62. The van der Waals surface area contributed by atoms with Gasteiger partial charge in [0.15, 0.2) is 0 Å². The molecule has 22 heavy (non-hydrogen) atoms. The van der Waals surface area contributed by atoms with Crippen LogP contribution in [0.2, 0.25) is 0 Å². The van der Waals surface area contributed by atoms with Crippen LogP contribution >= 0.6 is 11.3 Å². The summed E-state index contributed by atoms with van der Waals surface area (Å²) in [6, 6.07) is -0.382. The number of hydrogen-bond acceptors (Lipinski definition) is 6. The molecule has 0 spiro atoms. The van der Waals surface area contributed by atoms with Gasteiger partial charge in [-0.05, 0) is 19.8 Å². The van der Waals surface area contributed by atoms with Crippen LogP contribution in [-0.4, -0.2) is 38.7 Å². The van der Waals surface area contributed by atoms with E-state index in [4.69, 9.17) is 4.74 Å². The molecule has 2 atom stereocenters. The molecule has 3 heterocycles. The van der Waals surface area contributed by atoms with Crippen molar-refractivity contribution >= 4 is 22.5 Å². The highest BCUT2D eigenvalue weighted by atomic mass is 32.1. The molecular weight excluding hydrogens is 304 g/mol. The Morgan fingerprint density at radius 1 is 1.50 bits per heavy atom. The molecule has 0 saturated carbocycles. The second kappa shape index (κ2) is 6.41. The number of carbonyl (C=O) groups is 1. The fraction of sp³-hybridized carbons (Fsp3) is 0.538. The highest BCUT2D eigenvalue weighted by Gasteiger charge is 2.29. The summed E-state index contributed by atoms with van der Waals surface area (Å²) in [6.45, 7) is 2.53. The molecular formula is C13H18N6O2S. The molecule has 0 aromatic carbocycles. The first-order valence-corrected chi connectivity index (χ1v) is 7.91. The van der Waals surface area contributed by atoms with Gasteiger partial charge in [0, 0.05) is 25.4 Å². The maximum absolute atomic E-state index is 12.1. The number of aryl methyl sites for hydroxylation is 2. The lowest BCUT2D eigenvalue weighted by molar-refractivity contribution is -0.00700. The summed E-state index contributed by atoms with van der Waals surface area (Å²) in [5, 5.41) is 18.9. The van der Waals surface area contributed by atoms with Crippen LogP contribution in [0.25, 0.3) is 0 Å². The Kier molecular flexibility index (Phi) is 4.34. The number of rotatable bonds is 3. The number of anilines is 1. The monoisotopic (exact) mass is 322 g/mol. The summed E-state index contributed by atoms with van der Waals surface area (Å²) in [4.78, 5) is 12.1. The largest absolute Gasteiger partial charge is 0.371 e. The first kappa shape index (κ1) is 14.9. The van der Waals surface area contributed by atoms with Crippen LogP contribution in [0.5, 0.6) is 0 Å². The van der Waals surface area contributed by atoms with Crippen molar-refractivity contribution in [3.05, 3.63) is 23.0 Å². The van der Waals surface area contributed by atoms with Gasteiger partial charge in [-0.2, -0.15) is 5.10 Å². The standard InChI is InChI=1S/C13H18N6O2S/c1-8-17-18-13(22-8)16-12(20)15-10-4-3-5-21-11(10)9-6-14-19(2)7-9/h6-7,10-11H,3-5H2,1-2H3,(H2,15,16,18,20)/t10-,11+/m0/s1. The molecule has 0 radical (unpaired) electrons. The molecule has 9 heteroatoms. The Morgan fingerprint density at radius 3 is 3.05 bits per heavy atom. The Labute approximate surface area is 131 Å². The number of nitrogens with one attached hydrogen (secondary N) is 2. The first-order chi connectivity index (χ1) is 10.6. The van der Waals surface area contributed by atoms with Crippen LogP contribution in [0, 0.1) is 6.92 Å². The summed E-state index contributed by atoms with van der Waals surface area (Å²) in [7, 11) is 1.86. The Hall–Kier alpha value is -2.00. The average Bonchev–Trinajstić information content (AvgIpc) is 3.08. The van der Waals surface area contributed by atoms with Crippen molar-refractivity contribution in [3.8, 4) is 0 Å². The van der Waals surface area contributed by atoms with E-state index in [0.29, 0.717) is 11.7 Å². The number of ether oxygens (including phenoxy) is 1. The maximum Gasteiger partial charge on any atom is 0.321 e. The van der Waals surface area contributed by atoms with E-state index in [1.54, 1.807) is 10.9 Å². The zero-order chi connectivity index (χ0) is 15.5.